The Morgan fingerprint density at radius 2 is 2.00 bits per heavy atom. The summed E-state index contributed by atoms with van der Waals surface area (Å²) in [7, 11) is 1.67. The zero-order chi connectivity index (χ0) is 16.4. The third-order valence-electron chi connectivity index (χ3n) is 4.54. The summed E-state index contributed by atoms with van der Waals surface area (Å²) in [4.78, 5) is 26.6. The molecule has 120 valence electrons. The molecular weight excluding hydrogens is 288 g/mol. The summed E-state index contributed by atoms with van der Waals surface area (Å²) < 4.78 is 1.46. The first kappa shape index (κ1) is 15.5. The van der Waals surface area contributed by atoms with Gasteiger partial charge in [-0.3, -0.25) is 9.59 Å². The van der Waals surface area contributed by atoms with Crippen molar-refractivity contribution in [2.75, 3.05) is 4.90 Å². The SMILES string of the molecule is CCC[C@H]1CCc2ccccc2N1C(=O)c1ccc(=O)n(C)c1. The van der Waals surface area contributed by atoms with Gasteiger partial charge >= 0.3 is 0 Å². The monoisotopic (exact) mass is 310 g/mol. The zero-order valence-corrected chi connectivity index (χ0v) is 13.7. The van der Waals surface area contributed by atoms with Crippen molar-refractivity contribution in [3.05, 3.63) is 64.1 Å². The molecule has 2 heterocycles. The second-order valence-electron chi connectivity index (χ2n) is 6.15. The van der Waals surface area contributed by atoms with Gasteiger partial charge in [-0.1, -0.05) is 31.5 Å². The number of benzene rings is 1. The van der Waals surface area contributed by atoms with E-state index in [1.165, 1.54) is 16.2 Å². The smallest absolute Gasteiger partial charge is 0.260 e. The molecule has 1 atom stereocenters. The lowest BCUT2D eigenvalue weighted by molar-refractivity contribution is 0.0970. The van der Waals surface area contributed by atoms with Crippen LogP contribution in [0.2, 0.25) is 0 Å². The molecule has 0 spiro atoms. The van der Waals surface area contributed by atoms with Gasteiger partial charge in [-0.05, 0) is 37.0 Å². The van der Waals surface area contributed by atoms with Gasteiger partial charge in [-0.25, -0.2) is 0 Å². The van der Waals surface area contributed by atoms with Gasteiger partial charge in [0, 0.05) is 31.0 Å². The van der Waals surface area contributed by atoms with Crippen LogP contribution in [0, 0.1) is 0 Å². The minimum absolute atomic E-state index is 0.0220. The molecule has 0 aliphatic carbocycles. The van der Waals surface area contributed by atoms with E-state index in [1.807, 2.05) is 23.1 Å². The number of hydrogen-bond donors (Lipinski definition) is 0. The number of nitrogens with zero attached hydrogens (tertiary/aromatic N) is 2. The number of carbonyl (C=O) groups excluding carboxylic acids is 1. The molecule has 0 N–H and O–H groups in total. The number of anilines is 1. The third kappa shape index (κ3) is 2.93. The van der Waals surface area contributed by atoms with Crippen molar-refractivity contribution in [3.8, 4) is 0 Å². The van der Waals surface area contributed by atoms with E-state index in [1.54, 1.807) is 19.3 Å². The number of para-hydroxylation sites is 1. The molecule has 4 nitrogen and oxygen atoms in total. The Hall–Kier alpha value is -2.36. The lowest BCUT2D eigenvalue weighted by Crippen LogP contribution is -2.44. The highest BCUT2D eigenvalue weighted by Gasteiger charge is 2.31. The molecule has 1 aromatic heterocycles. The van der Waals surface area contributed by atoms with E-state index in [9.17, 15) is 9.59 Å². The second kappa shape index (κ2) is 6.41. The van der Waals surface area contributed by atoms with Crippen LogP contribution in [0.15, 0.2) is 47.4 Å². The maximum atomic E-state index is 13.1. The summed E-state index contributed by atoms with van der Waals surface area (Å²) in [6.07, 6.45) is 5.67. The standard InChI is InChI=1S/C19H22N2O2/c1-3-6-16-11-9-14-7-4-5-8-17(14)21(16)19(23)15-10-12-18(22)20(2)13-15/h4-5,7-8,10,12-13,16H,3,6,9,11H2,1-2H3/t16-/m0/s1. The molecule has 0 radical (unpaired) electrons. The van der Waals surface area contributed by atoms with Gasteiger partial charge in [0.05, 0.1) is 5.56 Å². The molecule has 3 rings (SSSR count). The van der Waals surface area contributed by atoms with E-state index >= 15 is 0 Å². The minimum Gasteiger partial charge on any atom is -0.318 e. The Labute approximate surface area is 136 Å². The molecule has 23 heavy (non-hydrogen) atoms. The lowest BCUT2D eigenvalue weighted by atomic mass is 9.92. The van der Waals surface area contributed by atoms with Crippen LogP contribution in [0.3, 0.4) is 0 Å². The molecular formula is C19H22N2O2. The first-order valence-electron chi connectivity index (χ1n) is 8.20. The molecule has 0 bridgehead atoms. The Morgan fingerprint density at radius 1 is 1.22 bits per heavy atom. The summed E-state index contributed by atoms with van der Waals surface area (Å²) in [5.41, 5.74) is 2.68. The van der Waals surface area contributed by atoms with Crippen LogP contribution >= 0.6 is 0 Å². The van der Waals surface area contributed by atoms with Crippen LogP contribution in [0.4, 0.5) is 5.69 Å². The maximum absolute atomic E-state index is 13.1. The molecule has 0 saturated heterocycles. The van der Waals surface area contributed by atoms with Crippen molar-refractivity contribution in [2.45, 2.75) is 38.6 Å². The van der Waals surface area contributed by atoms with Crippen molar-refractivity contribution in [3.63, 3.8) is 0 Å². The highest BCUT2D eigenvalue weighted by atomic mass is 16.2. The Bertz CT molecular complexity index is 779. The van der Waals surface area contributed by atoms with Gasteiger partial charge in [0.15, 0.2) is 0 Å². The predicted octanol–water partition coefficient (Wildman–Crippen LogP) is 3.15. The van der Waals surface area contributed by atoms with Gasteiger partial charge in [-0.15, -0.1) is 0 Å². The molecule has 0 fully saturated rings. The van der Waals surface area contributed by atoms with Crippen molar-refractivity contribution < 1.29 is 4.79 Å². The molecule has 4 heteroatoms. The van der Waals surface area contributed by atoms with E-state index in [0.29, 0.717) is 5.56 Å². The Balaban J connectivity index is 2.04. The van der Waals surface area contributed by atoms with Crippen LogP contribution in [0.25, 0.3) is 0 Å². The maximum Gasteiger partial charge on any atom is 0.260 e. The number of aryl methyl sites for hydroxylation is 2. The molecule has 1 amide bonds. The van der Waals surface area contributed by atoms with Crippen molar-refractivity contribution in [2.24, 2.45) is 7.05 Å². The van der Waals surface area contributed by atoms with Gasteiger partial charge in [-0.2, -0.15) is 0 Å². The summed E-state index contributed by atoms with van der Waals surface area (Å²) in [5.74, 6) is -0.0220. The van der Waals surface area contributed by atoms with Gasteiger partial charge in [0.25, 0.3) is 5.91 Å². The fraction of sp³-hybridized carbons (Fsp3) is 0.368. The molecule has 2 aromatic rings. The summed E-state index contributed by atoms with van der Waals surface area (Å²) >= 11 is 0. The van der Waals surface area contributed by atoms with Crippen LogP contribution in [-0.2, 0) is 13.5 Å². The van der Waals surface area contributed by atoms with E-state index < -0.39 is 0 Å². The van der Waals surface area contributed by atoms with Gasteiger partial charge in [0.2, 0.25) is 5.56 Å². The quantitative estimate of drug-likeness (QED) is 0.874. The van der Waals surface area contributed by atoms with E-state index in [-0.39, 0.29) is 17.5 Å². The van der Waals surface area contributed by atoms with Crippen molar-refractivity contribution in [1.82, 2.24) is 4.57 Å². The number of hydrogen-bond acceptors (Lipinski definition) is 2. The first-order valence-corrected chi connectivity index (χ1v) is 8.20. The topological polar surface area (TPSA) is 42.3 Å². The summed E-state index contributed by atoms with van der Waals surface area (Å²) in [6.45, 7) is 2.15. The largest absolute Gasteiger partial charge is 0.318 e. The van der Waals surface area contributed by atoms with E-state index in [4.69, 9.17) is 0 Å². The van der Waals surface area contributed by atoms with E-state index in [2.05, 4.69) is 13.0 Å². The molecule has 1 aliphatic rings. The Kier molecular flexibility index (Phi) is 4.33. The fourth-order valence-electron chi connectivity index (χ4n) is 3.35. The Morgan fingerprint density at radius 3 is 2.74 bits per heavy atom. The summed E-state index contributed by atoms with van der Waals surface area (Å²) in [6, 6.07) is 11.4. The molecule has 0 saturated carbocycles. The lowest BCUT2D eigenvalue weighted by Gasteiger charge is -2.37. The predicted molar refractivity (Wildman–Crippen MR) is 92.0 cm³/mol. The average Bonchev–Trinajstić information content (AvgIpc) is 2.57. The summed E-state index contributed by atoms with van der Waals surface area (Å²) in [5, 5.41) is 0. The van der Waals surface area contributed by atoms with Gasteiger partial charge in [0.1, 0.15) is 0 Å². The molecule has 0 unspecified atom stereocenters. The van der Waals surface area contributed by atoms with Crippen LogP contribution in [0.5, 0.6) is 0 Å². The number of aromatic nitrogens is 1. The normalized spacial score (nSPS) is 17.0. The van der Waals surface area contributed by atoms with Crippen LogP contribution < -0.4 is 10.5 Å². The van der Waals surface area contributed by atoms with Crippen LogP contribution in [-0.4, -0.2) is 16.5 Å². The third-order valence-corrected chi connectivity index (χ3v) is 4.54. The van der Waals surface area contributed by atoms with Crippen molar-refractivity contribution in [1.29, 1.82) is 0 Å². The highest BCUT2D eigenvalue weighted by molar-refractivity contribution is 6.07. The number of fused-ring (bicyclic) bond motifs is 1. The highest BCUT2D eigenvalue weighted by Crippen LogP contribution is 2.33. The average molecular weight is 310 g/mol. The fourth-order valence-corrected chi connectivity index (χ4v) is 3.35. The van der Waals surface area contributed by atoms with Crippen molar-refractivity contribution >= 4 is 11.6 Å². The molecule has 1 aliphatic heterocycles. The number of amides is 1. The first-order chi connectivity index (χ1) is 11.1. The number of rotatable bonds is 3. The van der Waals surface area contributed by atoms with E-state index in [0.717, 1.165) is 31.4 Å². The number of pyridine rings is 1. The second-order valence-corrected chi connectivity index (χ2v) is 6.15. The minimum atomic E-state index is -0.106. The molecule has 1 aromatic carbocycles. The van der Waals surface area contributed by atoms with Crippen LogP contribution in [0.1, 0.15) is 42.1 Å². The van der Waals surface area contributed by atoms with Gasteiger partial charge < -0.3 is 9.47 Å². The zero-order valence-electron chi connectivity index (χ0n) is 13.7. The number of carbonyl (C=O) groups is 1.